The number of hydrogen-bond acceptors (Lipinski definition) is 2. The van der Waals surface area contributed by atoms with Gasteiger partial charge in [0.05, 0.1) is 11.8 Å². The van der Waals surface area contributed by atoms with Gasteiger partial charge in [0.15, 0.2) is 0 Å². The first-order valence-corrected chi connectivity index (χ1v) is 11.5. The maximum Gasteiger partial charge on any atom is 0.433 e. The van der Waals surface area contributed by atoms with Gasteiger partial charge in [0.25, 0.3) is 0 Å². The topological polar surface area (TPSA) is 38.0 Å². The van der Waals surface area contributed by atoms with Crippen molar-refractivity contribution in [1.29, 1.82) is 0 Å². The van der Waals surface area contributed by atoms with Crippen LogP contribution in [0, 0.1) is 28.6 Å². The number of aromatic nitrogens is 2. The van der Waals surface area contributed by atoms with E-state index in [9.17, 15) is 18.3 Å². The Morgan fingerprint density at radius 2 is 1.87 bits per heavy atom. The lowest BCUT2D eigenvalue weighted by atomic mass is 9.47. The van der Waals surface area contributed by atoms with Crippen molar-refractivity contribution in [2.45, 2.75) is 83.4 Å². The number of aliphatic hydroxyl groups is 1. The minimum atomic E-state index is -4.36. The highest BCUT2D eigenvalue weighted by molar-refractivity contribution is 5.28. The number of nitrogens with zero attached hydrogens (tertiary/aromatic N) is 2. The standard InChI is InChI=1S/C24H33F3N2O/c1-22-10-8-15(30)12-14(22)4-5-16-17-6-7-19(23(17,2)11-9-18(16)22)20-13-21(24(25,26)27)29(3)28-20/h4,13,15-19,30H,5-12H2,1-3H3/t15-,16+,17+,18+,19+,22+,23+/m1/s1. The zero-order valence-corrected chi connectivity index (χ0v) is 18.2. The molecule has 6 heteroatoms. The summed E-state index contributed by atoms with van der Waals surface area (Å²) in [6, 6.07) is 1.30. The Balaban J connectivity index is 1.45. The van der Waals surface area contributed by atoms with Crippen molar-refractivity contribution < 1.29 is 18.3 Å². The molecule has 0 aliphatic heterocycles. The second kappa shape index (κ2) is 6.60. The third-order valence-corrected chi connectivity index (χ3v) is 9.62. The van der Waals surface area contributed by atoms with E-state index in [1.165, 1.54) is 18.7 Å². The molecule has 3 nitrogen and oxygen atoms in total. The number of rotatable bonds is 1. The first-order chi connectivity index (χ1) is 14.0. The molecule has 0 spiro atoms. The fourth-order valence-electron chi connectivity index (χ4n) is 8.05. The summed E-state index contributed by atoms with van der Waals surface area (Å²) in [7, 11) is 1.41. The number of allylic oxidation sites excluding steroid dienone is 1. The molecule has 5 rings (SSSR count). The highest BCUT2D eigenvalue weighted by Crippen LogP contribution is 2.67. The minimum Gasteiger partial charge on any atom is -0.393 e. The number of alkyl halides is 3. The highest BCUT2D eigenvalue weighted by Gasteiger charge is 2.59. The fourth-order valence-corrected chi connectivity index (χ4v) is 8.05. The van der Waals surface area contributed by atoms with Crippen LogP contribution in [-0.4, -0.2) is 21.0 Å². The van der Waals surface area contributed by atoms with Crippen LogP contribution in [0.3, 0.4) is 0 Å². The average Bonchev–Trinajstić information content (AvgIpc) is 3.21. The second-order valence-electron chi connectivity index (χ2n) is 10.9. The van der Waals surface area contributed by atoms with Crippen LogP contribution in [-0.2, 0) is 13.2 Å². The van der Waals surface area contributed by atoms with Gasteiger partial charge < -0.3 is 5.11 Å². The summed E-state index contributed by atoms with van der Waals surface area (Å²) in [5.41, 5.74) is 1.66. The van der Waals surface area contributed by atoms with Crippen LogP contribution >= 0.6 is 0 Å². The predicted molar refractivity (Wildman–Crippen MR) is 109 cm³/mol. The first kappa shape index (κ1) is 20.6. The number of halogens is 3. The summed E-state index contributed by atoms with van der Waals surface area (Å²) in [6.45, 7) is 4.73. The van der Waals surface area contributed by atoms with E-state index in [1.54, 1.807) is 0 Å². The zero-order chi connectivity index (χ0) is 21.5. The van der Waals surface area contributed by atoms with Crippen LogP contribution in [0.1, 0.15) is 82.5 Å². The monoisotopic (exact) mass is 422 g/mol. The highest BCUT2D eigenvalue weighted by atomic mass is 19.4. The number of hydrogen-bond donors (Lipinski definition) is 1. The average molecular weight is 423 g/mol. The maximum atomic E-state index is 13.3. The van der Waals surface area contributed by atoms with Crippen molar-refractivity contribution in [2.24, 2.45) is 35.6 Å². The van der Waals surface area contributed by atoms with E-state index in [0.29, 0.717) is 23.4 Å². The van der Waals surface area contributed by atoms with Crippen LogP contribution in [0.4, 0.5) is 13.2 Å². The molecule has 4 aliphatic carbocycles. The Bertz CT molecular complexity index is 874. The first-order valence-electron chi connectivity index (χ1n) is 11.5. The molecule has 7 atom stereocenters. The lowest BCUT2D eigenvalue weighted by Crippen LogP contribution is -2.50. The van der Waals surface area contributed by atoms with E-state index in [0.717, 1.165) is 56.0 Å². The Kier molecular flexibility index (Phi) is 4.53. The maximum absolute atomic E-state index is 13.3. The van der Waals surface area contributed by atoms with Gasteiger partial charge in [-0.15, -0.1) is 0 Å². The molecule has 3 fully saturated rings. The number of aryl methyl sites for hydroxylation is 1. The molecule has 0 saturated heterocycles. The van der Waals surface area contributed by atoms with Gasteiger partial charge in [-0.05, 0) is 86.0 Å². The SMILES string of the molecule is Cn1nc([C@@H]2CC[C@H]3[C@@H]4CC=C5C[C@H](O)CC[C@]5(C)[C@H]4CC[C@]23C)cc1C(F)(F)F. The molecule has 4 aliphatic rings. The molecule has 0 amide bonds. The van der Waals surface area contributed by atoms with Crippen molar-refractivity contribution in [3.05, 3.63) is 29.1 Å². The lowest BCUT2D eigenvalue weighted by Gasteiger charge is -2.58. The third kappa shape index (κ3) is 2.85. The molecule has 0 radical (unpaired) electrons. The van der Waals surface area contributed by atoms with Gasteiger partial charge >= 0.3 is 6.18 Å². The van der Waals surface area contributed by atoms with Gasteiger partial charge in [-0.3, -0.25) is 4.68 Å². The molecule has 1 aromatic rings. The summed E-state index contributed by atoms with van der Waals surface area (Å²) in [6.07, 6.45) is 5.89. The molecule has 1 aromatic heterocycles. The van der Waals surface area contributed by atoms with Gasteiger partial charge in [-0.25, -0.2) is 0 Å². The summed E-state index contributed by atoms with van der Waals surface area (Å²) < 4.78 is 41.0. The molecule has 1 heterocycles. The Labute approximate surface area is 176 Å². The lowest BCUT2D eigenvalue weighted by molar-refractivity contribution is -0.143. The van der Waals surface area contributed by atoms with E-state index in [4.69, 9.17) is 0 Å². The van der Waals surface area contributed by atoms with Crippen molar-refractivity contribution >= 4 is 0 Å². The van der Waals surface area contributed by atoms with Crippen molar-refractivity contribution in [2.75, 3.05) is 0 Å². The summed E-state index contributed by atoms with van der Waals surface area (Å²) in [4.78, 5) is 0. The van der Waals surface area contributed by atoms with Crippen molar-refractivity contribution in [1.82, 2.24) is 9.78 Å². The Morgan fingerprint density at radius 3 is 2.57 bits per heavy atom. The molecule has 166 valence electrons. The van der Waals surface area contributed by atoms with Gasteiger partial charge in [0.1, 0.15) is 5.69 Å². The van der Waals surface area contributed by atoms with Crippen LogP contribution in [0.2, 0.25) is 0 Å². The largest absolute Gasteiger partial charge is 0.433 e. The fraction of sp³-hybridized carbons (Fsp3) is 0.792. The second-order valence-corrected chi connectivity index (χ2v) is 10.9. The van der Waals surface area contributed by atoms with Crippen LogP contribution < -0.4 is 0 Å². The van der Waals surface area contributed by atoms with Crippen LogP contribution in [0.15, 0.2) is 17.7 Å². The Morgan fingerprint density at radius 1 is 1.10 bits per heavy atom. The molecule has 0 bridgehead atoms. The minimum absolute atomic E-state index is 0.0221. The van der Waals surface area contributed by atoms with Gasteiger partial charge in [-0.2, -0.15) is 18.3 Å². The normalized spacial score (nSPS) is 43.6. The van der Waals surface area contributed by atoms with Gasteiger partial charge in [0, 0.05) is 13.0 Å². The molecule has 3 saturated carbocycles. The van der Waals surface area contributed by atoms with E-state index >= 15 is 0 Å². The van der Waals surface area contributed by atoms with Gasteiger partial charge in [0.2, 0.25) is 0 Å². The number of aliphatic hydroxyl groups excluding tert-OH is 1. The van der Waals surface area contributed by atoms with Crippen molar-refractivity contribution in [3.63, 3.8) is 0 Å². The van der Waals surface area contributed by atoms with Crippen LogP contribution in [0.25, 0.3) is 0 Å². The molecule has 0 aromatic carbocycles. The molecule has 0 unspecified atom stereocenters. The van der Waals surface area contributed by atoms with Gasteiger partial charge in [-0.1, -0.05) is 25.5 Å². The smallest absolute Gasteiger partial charge is 0.393 e. The molecular weight excluding hydrogens is 389 g/mol. The zero-order valence-electron chi connectivity index (χ0n) is 18.2. The predicted octanol–water partition coefficient (Wildman–Crippen LogP) is 5.85. The summed E-state index contributed by atoms with van der Waals surface area (Å²) in [5.74, 6) is 1.89. The summed E-state index contributed by atoms with van der Waals surface area (Å²) >= 11 is 0. The molecular formula is C24H33F3N2O. The van der Waals surface area contributed by atoms with Crippen molar-refractivity contribution in [3.8, 4) is 0 Å². The van der Waals surface area contributed by atoms with E-state index in [-0.39, 0.29) is 22.9 Å². The molecule has 30 heavy (non-hydrogen) atoms. The Hall–Kier alpha value is -1.30. The third-order valence-electron chi connectivity index (χ3n) is 9.62. The van der Waals surface area contributed by atoms with E-state index in [2.05, 4.69) is 25.0 Å². The number of fused-ring (bicyclic) bond motifs is 5. The summed E-state index contributed by atoms with van der Waals surface area (Å²) in [5, 5.41) is 14.5. The van der Waals surface area contributed by atoms with E-state index < -0.39 is 11.9 Å². The molecule has 1 N–H and O–H groups in total. The quantitative estimate of drug-likeness (QED) is 0.577. The van der Waals surface area contributed by atoms with E-state index in [1.807, 2.05) is 0 Å². The van der Waals surface area contributed by atoms with Crippen LogP contribution in [0.5, 0.6) is 0 Å².